The SMILES string of the molecule is CC(C)N1CCOC(CN2CCCCC2C(=O)O)C1. The number of nitrogens with zero attached hydrogens (tertiary/aromatic N) is 2. The van der Waals surface area contributed by atoms with E-state index >= 15 is 0 Å². The fraction of sp³-hybridized carbons (Fsp3) is 0.929. The number of carbonyl (C=O) groups is 1. The summed E-state index contributed by atoms with van der Waals surface area (Å²) in [6.07, 6.45) is 3.05. The molecule has 0 radical (unpaired) electrons. The molecule has 0 aliphatic carbocycles. The molecule has 2 heterocycles. The molecule has 2 fully saturated rings. The highest BCUT2D eigenvalue weighted by atomic mass is 16.5. The summed E-state index contributed by atoms with van der Waals surface area (Å²) in [5.74, 6) is -0.684. The molecular formula is C14H26N2O3. The average Bonchev–Trinajstić information content (AvgIpc) is 2.39. The Kier molecular flexibility index (Phi) is 5.19. The van der Waals surface area contributed by atoms with Crippen LogP contribution in [0.1, 0.15) is 33.1 Å². The number of aliphatic carboxylic acids is 1. The lowest BCUT2D eigenvalue weighted by Gasteiger charge is -2.40. The van der Waals surface area contributed by atoms with Crippen molar-refractivity contribution in [2.24, 2.45) is 0 Å². The average molecular weight is 270 g/mol. The number of carboxylic acid groups (broad SMARTS) is 1. The number of carboxylic acids is 1. The number of rotatable bonds is 4. The molecule has 0 amide bonds. The summed E-state index contributed by atoms with van der Waals surface area (Å²) < 4.78 is 5.81. The van der Waals surface area contributed by atoms with E-state index in [2.05, 4.69) is 23.6 Å². The van der Waals surface area contributed by atoms with Crippen molar-refractivity contribution in [1.82, 2.24) is 9.80 Å². The van der Waals surface area contributed by atoms with Crippen molar-refractivity contribution in [2.45, 2.75) is 51.3 Å². The minimum atomic E-state index is -0.684. The van der Waals surface area contributed by atoms with Crippen LogP contribution in [0.4, 0.5) is 0 Å². The van der Waals surface area contributed by atoms with E-state index in [1.165, 1.54) is 0 Å². The second kappa shape index (κ2) is 6.68. The molecule has 1 N–H and O–H groups in total. The Morgan fingerprint density at radius 1 is 1.37 bits per heavy atom. The Balaban J connectivity index is 1.89. The fourth-order valence-electron chi connectivity index (χ4n) is 3.07. The highest BCUT2D eigenvalue weighted by Crippen LogP contribution is 2.19. The lowest BCUT2D eigenvalue weighted by atomic mass is 10.0. The first-order chi connectivity index (χ1) is 9.08. The van der Waals surface area contributed by atoms with Crippen LogP contribution in [0, 0.1) is 0 Å². The van der Waals surface area contributed by atoms with Gasteiger partial charge in [0.25, 0.3) is 0 Å². The second-order valence-electron chi connectivity index (χ2n) is 5.93. The normalized spacial score (nSPS) is 30.7. The number of ether oxygens (including phenoxy) is 1. The van der Waals surface area contributed by atoms with Crippen molar-refractivity contribution in [1.29, 1.82) is 0 Å². The van der Waals surface area contributed by atoms with E-state index in [1.807, 2.05) is 0 Å². The Morgan fingerprint density at radius 2 is 2.16 bits per heavy atom. The van der Waals surface area contributed by atoms with Crippen molar-refractivity contribution >= 4 is 5.97 Å². The largest absolute Gasteiger partial charge is 0.480 e. The van der Waals surface area contributed by atoms with E-state index in [-0.39, 0.29) is 12.1 Å². The minimum Gasteiger partial charge on any atom is -0.480 e. The third-order valence-electron chi connectivity index (χ3n) is 4.24. The van der Waals surface area contributed by atoms with E-state index in [9.17, 15) is 9.90 Å². The van der Waals surface area contributed by atoms with Gasteiger partial charge in [0, 0.05) is 25.7 Å². The molecule has 2 aliphatic rings. The van der Waals surface area contributed by atoms with E-state index in [1.54, 1.807) is 0 Å². The quantitative estimate of drug-likeness (QED) is 0.827. The topological polar surface area (TPSA) is 53.0 Å². The summed E-state index contributed by atoms with van der Waals surface area (Å²) in [7, 11) is 0. The van der Waals surface area contributed by atoms with Crippen LogP contribution in [0.15, 0.2) is 0 Å². The number of hydrogen-bond acceptors (Lipinski definition) is 4. The van der Waals surface area contributed by atoms with E-state index < -0.39 is 5.97 Å². The molecule has 0 bridgehead atoms. The molecule has 0 aromatic carbocycles. The minimum absolute atomic E-state index is 0.149. The van der Waals surface area contributed by atoms with Gasteiger partial charge in [0.1, 0.15) is 6.04 Å². The number of likely N-dealkylation sites (tertiary alicyclic amines) is 1. The maximum Gasteiger partial charge on any atom is 0.320 e. The van der Waals surface area contributed by atoms with E-state index in [0.29, 0.717) is 6.04 Å². The van der Waals surface area contributed by atoms with Gasteiger partial charge in [0.05, 0.1) is 12.7 Å². The first-order valence-corrected chi connectivity index (χ1v) is 7.40. The third-order valence-corrected chi connectivity index (χ3v) is 4.24. The molecule has 2 atom stereocenters. The second-order valence-corrected chi connectivity index (χ2v) is 5.93. The third kappa shape index (κ3) is 3.91. The van der Waals surface area contributed by atoms with Gasteiger partial charge in [-0.3, -0.25) is 14.6 Å². The number of morpholine rings is 1. The predicted octanol–water partition coefficient (Wildman–Crippen LogP) is 1.03. The van der Waals surface area contributed by atoms with Crippen LogP contribution < -0.4 is 0 Å². The van der Waals surface area contributed by atoms with Crippen molar-refractivity contribution in [3.8, 4) is 0 Å². The van der Waals surface area contributed by atoms with Crippen LogP contribution in [0.25, 0.3) is 0 Å². The lowest BCUT2D eigenvalue weighted by molar-refractivity contribution is -0.146. The predicted molar refractivity (Wildman–Crippen MR) is 73.3 cm³/mol. The summed E-state index contributed by atoms with van der Waals surface area (Å²) in [5.41, 5.74) is 0. The Labute approximate surface area is 115 Å². The number of hydrogen-bond donors (Lipinski definition) is 1. The molecule has 2 unspecified atom stereocenters. The van der Waals surface area contributed by atoms with Crippen molar-refractivity contribution in [3.05, 3.63) is 0 Å². The summed E-state index contributed by atoms with van der Waals surface area (Å²) in [6.45, 7) is 8.69. The van der Waals surface area contributed by atoms with Crippen LogP contribution >= 0.6 is 0 Å². The zero-order valence-corrected chi connectivity index (χ0v) is 12.0. The van der Waals surface area contributed by atoms with E-state index in [4.69, 9.17) is 4.74 Å². The maximum absolute atomic E-state index is 11.3. The van der Waals surface area contributed by atoms with Crippen molar-refractivity contribution in [3.63, 3.8) is 0 Å². The molecule has 2 aliphatic heterocycles. The summed E-state index contributed by atoms with van der Waals surface area (Å²) in [6, 6.07) is 0.217. The van der Waals surface area contributed by atoms with E-state index in [0.717, 1.165) is 52.0 Å². The molecule has 110 valence electrons. The first-order valence-electron chi connectivity index (χ1n) is 7.40. The van der Waals surface area contributed by atoms with Gasteiger partial charge in [-0.2, -0.15) is 0 Å². The molecule has 5 heteroatoms. The van der Waals surface area contributed by atoms with Crippen molar-refractivity contribution < 1.29 is 14.6 Å². The first kappa shape index (κ1) is 14.8. The van der Waals surface area contributed by atoms with Gasteiger partial charge in [-0.05, 0) is 33.2 Å². The van der Waals surface area contributed by atoms with Crippen molar-refractivity contribution in [2.75, 3.05) is 32.8 Å². The highest BCUT2D eigenvalue weighted by molar-refractivity contribution is 5.73. The molecule has 0 aromatic rings. The van der Waals surface area contributed by atoms with Crippen LogP contribution in [0.3, 0.4) is 0 Å². The lowest BCUT2D eigenvalue weighted by Crippen LogP contribution is -2.53. The summed E-state index contributed by atoms with van der Waals surface area (Å²) >= 11 is 0. The molecule has 2 saturated heterocycles. The molecule has 19 heavy (non-hydrogen) atoms. The number of piperidine rings is 1. The standard InChI is InChI=1S/C14H26N2O3/c1-11(2)15-7-8-19-12(9-15)10-16-6-4-3-5-13(16)14(17)18/h11-13H,3-10H2,1-2H3,(H,17,18). The van der Waals surface area contributed by atoms with Gasteiger partial charge in [0.15, 0.2) is 0 Å². The van der Waals surface area contributed by atoms with Gasteiger partial charge < -0.3 is 9.84 Å². The Bertz CT molecular complexity index is 309. The van der Waals surface area contributed by atoms with Gasteiger partial charge in [-0.25, -0.2) is 0 Å². The van der Waals surface area contributed by atoms with Crippen LogP contribution in [0.2, 0.25) is 0 Å². The molecule has 2 rings (SSSR count). The Hall–Kier alpha value is -0.650. The Morgan fingerprint density at radius 3 is 2.84 bits per heavy atom. The van der Waals surface area contributed by atoms with Gasteiger partial charge in [0.2, 0.25) is 0 Å². The maximum atomic E-state index is 11.3. The molecule has 0 saturated carbocycles. The zero-order valence-electron chi connectivity index (χ0n) is 12.0. The van der Waals surface area contributed by atoms with Gasteiger partial charge in [-0.1, -0.05) is 6.42 Å². The van der Waals surface area contributed by atoms with Crippen LogP contribution in [-0.4, -0.2) is 71.8 Å². The highest BCUT2D eigenvalue weighted by Gasteiger charge is 2.32. The molecular weight excluding hydrogens is 244 g/mol. The van der Waals surface area contributed by atoms with Crippen LogP contribution in [0.5, 0.6) is 0 Å². The van der Waals surface area contributed by atoms with Gasteiger partial charge in [-0.15, -0.1) is 0 Å². The molecule has 0 aromatic heterocycles. The monoisotopic (exact) mass is 270 g/mol. The molecule has 0 spiro atoms. The van der Waals surface area contributed by atoms with Gasteiger partial charge >= 0.3 is 5.97 Å². The zero-order chi connectivity index (χ0) is 13.8. The fourth-order valence-corrected chi connectivity index (χ4v) is 3.07. The smallest absolute Gasteiger partial charge is 0.320 e. The summed E-state index contributed by atoms with van der Waals surface area (Å²) in [4.78, 5) is 15.8. The molecule has 5 nitrogen and oxygen atoms in total. The summed E-state index contributed by atoms with van der Waals surface area (Å²) in [5, 5.41) is 9.29. The van der Waals surface area contributed by atoms with Crippen LogP contribution in [-0.2, 0) is 9.53 Å².